The van der Waals surface area contributed by atoms with Crippen LogP contribution in [-0.2, 0) is 9.47 Å². The molecule has 0 aromatic carbocycles. The second-order valence-electron chi connectivity index (χ2n) is 3.75. The van der Waals surface area contributed by atoms with Crippen LogP contribution in [0.15, 0.2) is 4.99 Å². The maximum atomic E-state index is 9.78. The van der Waals surface area contributed by atoms with E-state index in [1.165, 1.54) is 0 Å². The quantitative estimate of drug-likeness (QED) is 0.573. The Hall–Kier alpha value is 0.180. The average molecular weight is 307 g/mol. The van der Waals surface area contributed by atoms with Gasteiger partial charge in [0.25, 0.3) is 3.79 Å². The molecular formula is C8H10Cl3NO5. The van der Waals surface area contributed by atoms with Gasteiger partial charge in [0.1, 0.15) is 24.4 Å². The number of aliphatic hydroxyl groups excluding tert-OH is 3. The molecule has 0 aromatic heterocycles. The number of aliphatic hydroxyl groups is 3. The van der Waals surface area contributed by atoms with Gasteiger partial charge < -0.3 is 24.8 Å². The number of halogens is 3. The van der Waals surface area contributed by atoms with E-state index in [1.54, 1.807) is 0 Å². The summed E-state index contributed by atoms with van der Waals surface area (Å²) in [6.45, 7) is -0.464. The predicted molar refractivity (Wildman–Crippen MR) is 60.4 cm³/mol. The summed E-state index contributed by atoms with van der Waals surface area (Å²) in [5.41, 5.74) is 0. The lowest BCUT2D eigenvalue weighted by Crippen LogP contribution is -2.56. The molecule has 0 saturated carbocycles. The van der Waals surface area contributed by atoms with Crippen molar-refractivity contribution in [2.75, 3.05) is 6.61 Å². The molecule has 0 radical (unpaired) electrons. The van der Waals surface area contributed by atoms with Crippen LogP contribution < -0.4 is 0 Å². The third kappa shape index (κ3) is 2.49. The van der Waals surface area contributed by atoms with Gasteiger partial charge in [-0.05, 0) is 0 Å². The number of ether oxygens (including phenoxy) is 2. The average Bonchev–Trinajstić information content (AvgIpc) is 2.67. The summed E-state index contributed by atoms with van der Waals surface area (Å²) < 4.78 is 8.46. The maximum Gasteiger partial charge on any atom is 0.266 e. The summed E-state index contributed by atoms with van der Waals surface area (Å²) >= 11 is 16.8. The van der Waals surface area contributed by atoms with Crippen molar-refractivity contribution in [3.63, 3.8) is 0 Å². The smallest absolute Gasteiger partial charge is 0.266 e. The van der Waals surface area contributed by atoms with E-state index in [9.17, 15) is 10.2 Å². The summed E-state index contributed by atoms with van der Waals surface area (Å²) in [5, 5.41) is 28.3. The van der Waals surface area contributed by atoms with Gasteiger partial charge in [-0.25, -0.2) is 4.99 Å². The first-order valence-corrected chi connectivity index (χ1v) is 5.92. The van der Waals surface area contributed by atoms with Crippen molar-refractivity contribution in [3.05, 3.63) is 0 Å². The number of rotatable bonds is 1. The number of alkyl halides is 3. The number of aliphatic imine (C=N–C) groups is 1. The molecule has 2 heterocycles. The van der Waals surface area contributed by atoms with Crippen molar-refractivity contribution in [1.29, 1.82) is 0 Å². The third-order valence-electron chi connectivity index (χ3n) is 2.59. The van der Waals surface area contributed by atoms with Crippen molar-refractivity contribution in [2.45, 2.75) is 34.4 Å². The van der Waals surface area contributed by atoms with E-state index in [1.807, 2.05) is 0 Å². The third-order valence-corrected chi connectivity index (χ3v) is 3.07. The van der Waals surface area contributed by atoms with E-state index in [0.29, 0.717) is 0 Å². The fourth-order valence-electron chi connectivity index (χ4n) is 1.72. The number of fused-ring (bicyclic) bond motifs is 1. The minimum absolute atomic E-state index is 0.206. The molecule has 1 fully saturated rings. The zero-order valence-corrected chi connectivity index (χ0v) is 10.6. The van der Waals surface area contributed by atoms with Gasteiger partial charge in [-0.2, -0.15) is 0 Å². The van der Waals surface area contributed by atoms with E-state index in [-0.39, 0.29) is 5.90 Å². The molecule has 0 spiro atoms. The lowest BCUT2D eigenvalue weighted by atomic mass is 9.98. The van der Waals surface area contributed by atoms with Gasteiger partial charge >= 0.3 is 0 Å². The predicted octanol–water partition coefficient (Wildman–Crippen LogP) is -0.407. The molecule has 2 aliphatic rings. The zero-order valence-electron chi connectivity index (χ0n) is 8.33. The van der Waals surface area contributed by atoms with Crippen molar-refractivity contribution < 1.29 is 24.8 Å². The van der Waals surface area contributed by atoms with Crippen LogP contribution in [0.25, 0.3) is 0 Å². The van der Waals surface area contributed by atoms with Crippen LogP contribution in [0.5, 0.6) is 0 Å². The highest BCUT2D eigenvalue weighted by atomic mass is 35.6. The van der Waals surface area contributed by atoms with E-state index >= 15 is 0 Å². The Balaban J connectivity index is 2.18. The summed E-state index contributed by atoms with van der Waals surface area (Å²) in [6, 6.07) is -0.876. The highest BCUT2D eigenvalue weighted by Crippen LogP contribution is 2.36. The highest BCUT2D eigenvalue weighted by Gasteiger charge is 2.51. The number of hydrogen-bond donors (Lipinski definition) is 3. The van der Waals surface area contributed by atoms with Gasteiger partial charge in [-0.15, -0.1) is 0 Å². The van der Waals surface area contributed by atoms with Crippen LogP contribution in [0.4, 0.5) is 0 Å². The summed E-state index contributed by atoms with van der Waals surface area (Å²) in [7, 11) is 0. The minimum Gasteiger partial charge on any atom is -0.445 e. The fraction of sp³-hybridized carbons (Fsp3) is 0.875. The molecular weight excluding hydrogens is 296 g/mol. The van der Waals surface area contributed by atoms with Crippen molar-refractivity contribution in [2.24, 2.45) is 4.99 Å². The summed E-state index contributed by atoms with van der Waals surface area (Å²) in [4.78, 5) is 3.86. The number of nitrogens with zero attached hydrogens (tertiary/aromatic N) is 1. The Morgan fingerprint density at radius 1 is 1.24 bits per heavy atom. The van der Waals surface area contributed by atoms with Crippen LogP contribution in [0.1, 0.15) is 0 Å². The molecule has 0 bridgehead atoms. The Kier molecular flexibility index (Phi) is 3.76. The van der Waals surface area contributed by atoms with Gasteiger partial charge in [0, 0.05) is 0 Å². The fourth-order valence-corrected chi connectivity index (χ4v) is 2.00. The van der Waals surface area contributed by atoms with Crippen molar-refractivity contribution in [1.82, 2.24) is 0 Å². The molecule has 2 rings (SSSR count). The van der Waals surface area contributed by atoms with Gasteiger partial charge in [-0.1, -0.05) is 34.8 Å². The lowest BCUT2D eigenvalue weighted by molar-refractivity contribution is -0.234. The molecule has 0 aliphatic carbocycles. The van der Waals surface area contributed by atoms with Crippen molar-refractivity contribution >= 4 is 40.7 Å². The molecule has 9 heteroatoms. The lowest BCUT2D eigenvalue weighted by Gasteiger charge is -2.36. The highest BCUT2D eigenvalue weighted by molar-refractivity contribution is 6.76. The molecule has 0 aromatic rings. The largest absolute Gasteiger partial charge is 0.445 e. The van der Waals surface area contributed by atoms with Gasteiger partial charge in [0.05, 0.1) is 6.61 Å². The standard InChI is InChI=1S/C8H10Cl3NO5/c9-8(10,11)7-12-3-5(15)4(14)2(1-13)16-6(3)17-7/h2-6,13-15H,1H2/t2?,3?,4-,5-,6-/m1/s1. The molecule has 98 valence electrons. The van der Waals surface area contributed by atoms with Crippen LogP contribution in [-0.4, -0.2) is 62.3 Å². The first kappa shape index (κ1) is 13.6. The molecule has 17 heavy (non-hydrogen) atoms. The van der Waals surface area contributed by atoms with Gasteiger partial charge in [0.15, 0.2) is 0 Å². The van der Waals surface area contributed by atoms with E-state index < -0.39 is 41.0 Å². The molecule has 3 N–H and O–H groups in total. The Morgan fingerprint density at radius 2 is 1.88 bits per heavy atom. The van der Waals surface area contributed by atoms with Crippen LogP contribution in [0.2, 0.25) is 0 Å². The monoisotopic (exact) mass is 305 g/mol. The van der Waals surface area contributed by atoms with Gasteiger partial charge in [0.2, 0.25) is 12.2 Å². The number of hydrogen-bond acceptors (Lipinski definition) is 6. The molecule has 0 amide bonds. The molecule has 2 unspecified atom stereocenters. The Bertz CT molecular complexity index is 334. The second kappa shape index (κ2) is 4.70. The summed E-state index contributed by atoms with van der Waals surface area (Å²) in [6.07, 6.45) is -4.47. The van der Waals surface area contributed by atoms with Gasteiger partial charge in [-0.3, -0.25) is 0 Å². The first-order chi connectivity index (χ1) is 7.84. The zero-order chi connectivity index (χ0) is 12.8. The topological polar surface area (TPSA) is 91.5 Å². The van der Waals surface area contributed by atoms with Crippen LogP contribution >= 0.6 is 34.8 Å². The summed E-state index contributed by atoms with van der Waals surface area (Å²) in [5.74, 6) is -0.206. The molecule has 1 saturated heterocycles. The Morgan fingerprint density at radius 3 is 2.41 bits per heavy atom. The van der Waals surface area contributed by atoms with Crippen molar-refractivity contribution in [3.8, 4) is 0 Å². The van der Waals surface area contributed by atoms with E-state index in [2.05, 4.69) is 4.99 Å². The van der Waals surface area contributed by atoms with E-state index in [4.69, 9.17) is 49.4 Å². The maximum absolute atomic E-state index is 9.78. The normalized spacial score (nSPS) is 41.8. The minimum atomic E-state index is -1.86. The van der Waals surface area contributed by atoms with Crippen LogP contribution in [0.3, 0.4) is 0 Å². The Labute approximate surface area is 112 Å². The molecule has 6 nitrogen and oxygen atoms in total. The first-order valence-electron chi connectivity index (χ1n) is 4.78. The SMILES string of the molecule is OCC1O[C@@H]2OC(C(Cl)(Cl)Cl)=NC2[C@@H](O)[C@@H]1O. The molecule has 2 aliphatic heterocycles. The second-order valence-corrected chi connectivity index (χ2v) is 6.03. The van der Waals surface area contributed by atoms with Crippen LogP contribution in [0, 0.1) is 0 Å². The molecule has 5 atom stereocenters. The van der Waals surface area contributed by atoms with E-state index in [0.717, 1.165) is 0 Å².